The van der Waals surface area contributed by atoms with Crippen LogP contribution in [0.1, 0.15) is 5.69 Å². The number of rotatable bonds is 1. The summed E-state index contributed by atoms with van der Waals surface area (Å²) in [5.74, 6) is 0.532. The molecule has 0 spiro atoms. The maximum absolute atomic E-state index is 7.16. The highest BCUT2D eigenvalue weighted by atomic mass is 15.3. The topological polar surface area (TPSA) is 23.7 Å². The molecule has 4 nitrogen and oxygen atoms in total. The largest absolute Gasteiger partial charge is 0.376 e. The summed E-state index contributed by atoms with van der Waals surface area (Å²) in [7, 11) is 2.13. The second-order valence-electron chi connectivity index (χ2n) is 4.20. The minimum Gasteiger partial charge on any atom is -0.376 e. The van der Waals surface area contributed by atoms with Gasteiger partial charge in [0.15, 0.2) is 0 Å². The zero-order valence-corrected chi connectivity index (χ0v) is 9.77. The van der Waals surface area contributed by atoms with Crippen molar-refractivity contribution in [1.29, 1.82) is 0 Å². The Hall–Kier alpha value is -1.60. The number of pyridine rings is 1. The first-order valence-corrected chi connectivity index (χ1v) is 5.49. The lowest BCUT2D eigenvalue weighted by Gasteiger charge is -2.34. The fourth-order valence-electron chi connectivity index (χ4n) is 1.91. The highest BCUT2D eigenvalue weighted by Crippen LogP contribution is 2.27. The van der Waals surface area contributed by atoms with Crippen LogP contribution < -0.4 is 4.90 Å². The second kappa shape index (κ2) is 4.50. The maximum Gasteiger partial charge on any atom is 0.293 e. The predicted molar refractivity (Wildman–Crippen MR) is 64.9 cm³/mol. The van der Waals surface area contributed by atoms with Crippen molar-refractivity contribution >= 4 is 11.5 Å². The zero-order valence-electron chi connectivity index (χ0n) is 9.77. The number of likely N-dealkylation sites (N-methyl/N-ethyl adjacent to an activating group) is 1. The molecule has 1 fully saturated rings. The van der Waals surface area contributed by atoms with Crippen molar-refractivity contribution in [3.63, 3.8) is 0 Å². The summed E-state index contributed by atoms with van der Waals surface area (Å²) in [4.78, 5) is 12.3. The number of hydrogen-bond donors (Lipinski definition) is 0. The third-order valence-electron chi connectivity index (χ3n) is 2.94. The fourth-order valence-corrected chi connectivity index (χ4v) is 1.91. The molecule has 0 saturated carbocycles. The van der Waals surface area contributed by atoms with E-state index in [1.54, 1.807) is 0 Å². The standard InChI is InChI=1S/C12H16N4/c1-10-4-5-11(12(13-2)14-10)16-8-6-15(3)7-9-16/h4-5H,6-9H2,1,3H3. The van der Waals surface area contributed by atoms with Gasteiger partial charge in [0.25, 0.3) is 5.82 Å². The molecule has 4 heteroatoms. The van der Waals surface area contributed by atoms with Crippen molar-refractivity contribution in [3.05, 3.63) is 29.2 Å². The third kappa shape index (κ3) is 2.15. The Labute approximate surface area is 96.3 Å². The van der Waals surface area contributed by atoms with Gasteiger partial charge in [-0.15, -0.1) is 4.98 Å². The molecule has 0 unspecified atom stereocenters. The van der Waals surface area contributed by atoms with Crippen LogP contribution in [0.3, 0.4) is 0 Å². The molecule has 1 aliphatic rings. The summed E-state index contributed by atoms with van der Waals surface area (Å²) in [5, 5.41) is 0. The molecule has 0 atom stereocenters. The van der Waals surface area contributed by atoms with Crippen molar-refractivity contribution < 1.29 is 0 Å². The summed E-state index contributed by atoms with van der Waals surface area (Å²) in [5.41, 5.74) is 1.89. The van der Waals surface area contributed by atoms with Gasteiger partial charge in [0, 0.05) is 33.1 Å². The predicted octanol–water partition coefficient (Wildman–Crippen LogP) is 1.69. The van der Waals surface area contributed by atoms with Crippen LogP contribution in [-0.2, 0) is 0 Å². The molecule has 0 N–H and O–H groups in total. The molecule has 0 aromatic carbocycles. The molecule has 0 radical (unpaired) electrons. The smallest absolute Gasteiger partial charge is 0.293 e. The van der Waals surface area contributed by atoms with Crippen LogP contribution in [-0.4, -0.2) is 43.1 Å². The quantitative estimate of drug-likeness (QED) is 0.667. The van der Waals surface area contributed by atoms with Gasteiger partial charge in [-0.3, -0.25) is 0 Å². The molecule has 1 saturated heterocycles. The monoisotopic (exact) mass is 216 g/mol. The SMILES string of the molecule is [C-]#[N+]c1nc(C)ccc1N1CCN(C)CC1. The van der Waals surface area contributed by atoms with Gasteiger partial charge < -0.3 is 14.6 Å². The molecule has 16 heavy (non-hydrogen) atoms. The summed E-state index contributed by atoms with van der Waals surface area (Å²) in [6.07, 6.45) is 0. The van der Waals surface area contributed by atoms with Gasteiger partial charge in [-0.1, -0.05) is 6.57 Å². The molecular weight excluding hydrogens is 200 g/mol. The summed E-state index contributed by atoms with van der Waals surface area (Å²) in [6.45, 7) is 13.1. The van der Waals surface area contributed by atoms with E-state index < -0.39 is 0 Å². The molecule has 0 bridgehead atoms. The van der Waals surface area contributed by atoms with E-state index in [2.05, 4.69) is 26.7 Å². The van der Waals surface area contributed by atoms with Crippen LogP contribution in [0.4, 0.5) is 11.5 Å². The van der Waals surface area contributed by atoms with Crippen molar-refractivity contribution in [2.45, 2.75) is 6.92 Å². The number of nitrogens with zero attached hydrogens (tertiary/aromatic N) is 4. The van der Waals surface area contributed by atoms with E-state index in [-0.39, 0.29) is 0 Å². The van der Waals surface area contributed by atoms with E-state index in [0.717, 1.165) is 37.6 Å². The Bertz CT molecular complexity index is 414. The van der Waals surface area contributed by atoms with Gasteiger partial charge in [-0.2, -0.15) is 0 Å². The lowest BCUT2D eigenvalue weighted by Crippen LogP contribution is -2.44. The highest BCUT2D eigenvalue weighted by molar-refractivity contribution is 5.67. The van der Waals surface area contributed by atoms with Crippen molar-refractivity contribution in [2.75, 3.05) is 38.1 Å². The molecule has 2 rings (SSSR count). The van der Waals surface area contributed by atoms with Crippen LogP contribution in [0.25, 0.3) is 4.85 Å². The Balaban J connectivity index is 2.24. The van der Waals surface area contributed by atoms with Gasteiger partial charge in [0.1, 0.15) is 5.69 Å². The van der Waals surface area contributed by atoms with Gasteiger partial charge in [-0.05, 0) is 19.2 Å². The lowest BCUT2D eigenvalue weighted by atomic mass is 10.2. The van der Waals surface area contributed by atoms with E-state index in [4.69, 9.17) is 6.57 Å². The molecule has 2 heterocycles. The molecule has 1 aromatic rings. The highest BCUT2D eigenvalue weighted by Gasteiger charge is 2.17. The summed E-state index contributed by atoms with van der Waals surface area (Å²) in [6, 6.07) is 3.99. The van der Waals surface area contributed by atoms with E-state index in [0.29, 0.717) is 5.82 Å². The number of aromatic nitrogens is 1. The number of piperazine rings is 1. The lowest BCUT2D eigenvalue weighted by molar-refractivity contribution is 0.313. The average Bonchev–Trinajstić information content (AvgIpc) is 2.30. The Morgan fingerprint density at radius 3 is 2.56 bits per heavy atom. The molecule has 0 aliphatic carbocycles. The summed E-state index contributed by atoms with van der Waals surface area (Å²) >= 11 is 0. The van der Waals surface area contributed by atoms with E-state index in [9.17, 15) is 0 Å². The first-order chi connectivity index (χ1) is 7.70. The summed E-state index contributed by atoms with van der Waals surface area (Å²) < 4.78 is 0. The van der Waals surface area contributed by atoms with E-state index >= 15 is 0 Å². The van der Waals surface area contributed by atoms with Crippen LogP contribution in [0.2, 0.25) is 0 Å². The minimum absolute atomic E-state index is 0.532. The third-order valence-corrected chi connectivity index (χ3v) is 2.94. The number of aryl methyl sites for hydroxylation is 1. The van der Waals surface area contributed by atoms with Gasteiger partial charge in [-0.25, -0.2) is 0 Å². The minimum atomic E-state index is 0.532. The van der Waals surface area contributed by atoms with Crippen molar-refractivity contribution in [3.8, 4) is 0 Å². The first-order valence-electron chi connectivity index (χ1n) is 5.49. The van der Waals surface area contributed by atoms with Crippen molar-refractivity contribution in [1.82, 2.24) is 9.88 Å². The van der Waals surface area contributed by atoms with Crippen LogP contribution >= 0.6 is 0 Å². The first kappa shape index (κ1) is 10.9. The van der Waals surface area contributed by atoms with Crippen LogP contribution in [0.5, 0.6) is 0 Å². The zero-order chi connectivity index (χ0) is 11.5. The Kier molecular flexibility index (Phi) is 3.07. The van der Waals surface area contributed by atoms with E-state index in [1.165, 1.54) is 0 Å². The molecular formula is C12H16N4. The number of anilines is 1. The van der Waals surface area contributed by atoms with Gasteiger partial charge in [0.2, 0.25) is 0 Å². The Morgan fingerprint density at radius 1 is 1.25 bits per heavy atom. The molecule has 1 aromatic heterocycles. The van der Waals surface area contributed by atoms with Crippen LogP contribution in [0.15, 0.2) is 12.1 Å². The maximum atomic E-state index is 7.16. The normalized spacial score (nSPS) is 17.2. The molecule has 0 amide bonds. The average molecular weight is 216 g/mol. The second-order valence-corrected chi connectivity index (χ2v) is 4.20. The number of hydrogen-bond acceptors (Lipinski definition) is 3. The Morgan fingerprint density at radius 2 is 1.94 bits per heavy atom. The van der Waals surface area contributed by atoms with E-state index in [1.807, 2.05) is 19.1 Å². The van der Waals surface area contributed by atoms with Gasteiger partial charge in [0.05, 0.1) is 5.69 Å². The fraction of sp³-hybridized carbons (Fsp3) is 0.500. The molecule has 84 valence electrons. The van der Waals surface area contributed by atoms with Gasteiger partial charge >= 0.3 is 0 Å². The molecule has 1 aliphatic heterocycles. The van der Waals surface area contributed by atoms with Crippen molar-refractivity contribution in [2.24, 2.45) is 0 Å². The van der Waals surface area contributed by atoms with Crippen LogP contribution in [0, 0.1) is 13.5 Å².